The maximum atomic E-state index is 5.27. The van der Waals surface area contributed by atoms with Crippen molar-refractivity contribution in [1.29, 1.82) is 0 Å². The van der Waals surface area contributed by atoms with Crippen molar-refractivity contribution in [3.8, 4) is 0 Å². The highest BCUT2D eigenvalue weighted by atomic mass is 32.2. The van der Waals surface area contributed by atoms with Crippen molar-refractivity contribution in [3.05, 3.63) is 29.7 Å². The number of imidazole rings is 1. The van der Waals surface area contributed by atoms with Gasteiger partial charge in [0.2, 0.25) is 0 Å². The number of fused-ring (bicyclic) bond motifs is 1. The van der Waals surface area contributed by atoms with Crippen LogP contribution < -0.4 is 5.32 Å². The number of methoxy groups -OCH3 is 1. The van der Waals surface area contributed by atoms with Gasteiger partial charge in [-0.05, 0) is 11.8 Å². The van der Waals surface area contributed by atoms with Crippen LogP contribution in [0.15, 0.2) is 38.7 Å². The number of nitrogens with zero attached hydrogens (tertiary/aromatic N) is 3. The molecule has 0 bridgehead atoms. The highest BCUT2D eigenvalue weighted by Gasteiger charge is 2.15. The molecule has 0 aliphatic carbocycles. The van der Waals surface area contributed by atoms with Gasteiger partial charge in [-0.2, -0.15) is 0 Å². The number of aromatic nitrogens is 3. The Labute approximate surface area is 124 Å². The number of oxazole rings is 1. The monoisotopic (exact) mass is 310 g/mol. The summed E-state index contributed by atoms with van der Waals surface area (Å²) in [5.41, 5.74) is 1.11. The van der Waals surface area contributed by atoms with Crippen LogP contribution in [0, 0.1) is 0 Å². The van der Waals surface area contributed by atoms with Crippen molar-refractivity contribution in [3.63, 3.8) is 0 Å². The lowest BCUT2D eigenvalue weighted by Crippen LogP contribution is -2.19. The average Bonchev–Trinajstić information content (AvgIpc) is 3.14. The third kappa shape index (κ3) is 2.88. The van der Waals surface area contributed by atoms with Crippen molar-refractivity contribution < 1.29 is 9.15 Å². The fraction of sp³-hybridized carbons (Fsp3) is 0.333. The number of rotatable bonds is 7. The molecule has 0 aromatic carbocycles. The van der Waals surface area contributed by atoms with Gasteiger partial charge in [0, 0.05) is 31.8 Å². The summed E-state index contributed by atoms with van der Waals surface area (Å²) < 4.78 is 12.4. The first kappa shape index (κ1) is 13.6. The molecule has 3 aromatic heterocycles. The number of hydrogen-bond acceptors (Lipinski definition) is 7. The first-order valence-electron chi connectivity index (χ1n) is 6.10. The standard InChI is InChI=1S/C12H14N4O2S2/c1-17-5-2-13-8-9-10(20-12-14-3-6-18-12)15-11-16(9)4-7-19-11/h3-4,6-7,13H,2,5,8H2,1H3. The van der Waals surface area contributed by atoms with E-state index in [1.807, 2.05) is 11.6 Å². The lowest BCUT2D eigenvalue weighted by molar-refractivity contribution is 0.199. The highest BCUT2D eigenvalue weighted by Crippen LogP contribution is 2.30. The van der Waals surface area contributed by atoms with Gasteiger partial charge in [0.25, 0.3) is 5.22 Å². The molecule has 0 atom stereocenters. The van der Waals surface area contributed by atoms with Crippen molar-refractivity contribution in [2.45, 2.75) is 16.8 Å². The smallest absolute Gasteiger partial charge is 0.262 e. The molecular weight excluding hydrogens is 296 g/mol. The van der Waals surface area contributed by atoms with E-state index in [-0.39, 0.29) is 0 Å². The first-order chi connectivity index (χ1) is 9.88. The van der Waals surface area contributed by atoms with Crippen LogP contribution in [0.5, 0.6) is 0 Å². The lowest BCUT2D eigenvalue weighted by atomic mass is 10.4. The molecule has 6 nitrogen and oxygen atoms in total. The molecule has 3 aromatic rings. The fourth-order valence-corrected chi connectivity index (χ4v) is 3.37. The molecule has 20 heavy (non-hydrogen) atoms. The zero-order valence-corrected chi connectivity index (χ0v) is 12.5. The summed E-state index contributed by atoms with van der Waals surface area (Å²) >= 11 is 3.05. The summed E-state index contributed by atoms with van der Waals surface area (Å²) in [6.45, 7) is 2.22. The van der Waals surface area contributed by atoms with Crippen molar-refractivity contribution >= 4 is 28.1 Å². The molecule has 0 aliphatic rings. The van der Waals surface area contributed by atoms with E-state index >= 15 is 0 Å². The van der Waals surface area contributed by atoms with Gasteiger partial charge in [-0.1, -0.05) is 0 Å². The van der Waals surface area contributed by atoms with E-state index in [1.165, 1.54) is 11.8 Å². The molecule has 0 radical (unpaired) electrons. The Bertz CT molecular complexity index is 662. The van der Waals surface area contributed by atoms with E-state index in [0.717, 1.165) is 28.8 Å². The third-order valence-corrected chi connectivity index (χ3v) is 4.35. The van der Waals surface area contributed by atoms with Crippen LogP contribution in [0.4, 0.5) is 0 Å². The topological polar surface area (TPSA) is 64.6 Å². The largest absolute Gasteiger partial charge is 0.440 e. The van der Waals surface area contributed by atoms with Crippen LogP contribution in [0.25, 0.3) is 4.96 Å². The minimum Gasteiger partial charge on any atom is -0.440 e. The molecule has 1 N–H and O–H groups in total. The molecule has 0 saturated carbocycles. The minimum absolute atomic E-state index is 0.605. The second-order valence-corrected chi connectivity index (χ2v) is 5.80. The summed E-state index contributed by atoms with van der Waals surface area (Å²) in [6.07, 6.45) is 5.23. The van der Waals surface area contributed by atoms with Crippen molar-refractivity contribution in [2.75, 3.05) is 20.3 Å². The molecule has 0 fully saturated rings. The van der Waals surface area contributed by atoms with Crippen LogP contribution in [0.1, 0.15) is 5.69 Å². The molecule has 8 heteroatoms. The maximum Gasteiger partial charge on any atom is 0.262 e. The maximum absolute atomic E-state index is 5.27. The highest BCUT2D eigenvalue weighted by molar-refractivity contribution is 7.99. The van der Waals surface area contributed by atoms with Crippen LogP contribution in [0.2, 0.25) is 0 Å². The second-order valence-electron chi connectivity index (χ2n) is 3.99. The Hall–Kier alpha value is -1.35. The Balaban J connectivity index is 1.80. The van der Waals surface area contributed by atoms with Crippen LogP contribution in [-0.4, -0.2) is 34.6 Å². The van der Waals surface area contributed by atoms with Crippen molar-refractivity contribution in [1.82, 2.24) is 19.7 Å². The van der Waals surface area contributed by atoms with Gasteiger partial charge in [0.15, 0.2) is 4.96 Å². The Morgan fingerprint density at radius 3 is 3.30 bits per heavy atom. The van der Waals surface area contributed by atoms with E-state index < -0.39 is 0 Å². The third-order valence-electron chi connectivity index (χ3n) is 2.69. The number of nitrogens with one attached hydrogen (secondary N) is 1. The zero-order chi connectivity index (χ0) is 13.8. The van der Waals surface area contributed by atoms with Gasteiger partial charge in [0.05, 0.1) is 18.5 Å². The summed E-state index contributed by atoms with van der Waals surface area (Å²) in [4.78, 5) is 9.72. The van der Waals surface area contributed by atoms with Crippen molar-refractivity contribution in [2.24, 2.45) is 0 Å². The lowest BCUT2D eigenvalue weighted by Gasteiger charge is -2.04. The molecule has 3 heterocycles. The SMILES string of the molecule is COCCNCc1c(Sc2ncco2)nc2sccn12. The van der Waals surface area contributed by atoms with Gasteiger partial charge < -0.3 is 14.5 Å². The van der Waals surface area contributed by atoms with E-state index in [4.69, 9.17) is 9.15 Å². The fourth-order valence-electron chi connectivity index (χ4n) is 1.78. The summed E-state index contributed by atoms with van der Waals surface area (Å²) in [6, 6.07) is 0. The quantitative estimate of drug-likeness (QED) is 0.675. The van der Waals surface area contributed by atoms with E-state index in [2.05, 4.69) is 19.7 Å². The Kier molecular flexibility index (Phi) is 4.36. The number of ether oxygens (including phenoxy) is 1. The molecule has 0 saturated heterocycles. The van der Waals surface area contributed by atoms with Crippen LogP contribution in [-0.2, 0) is 11.3 Å². The molecule has 106 valence electrons. The number of thiazole rings is 1. The second kappa shape index (κ2) is 6.40. The molecule has 0 amide bonds. The van der Waals surface area contributed by atoms with Crippen LogP contribution in [0.3, 0.4) is 0 Å². The Morgan fingerprint density at radius 1 is 1.55 bits per heavy atom. The molecule has 0 aliphatic heterocycles. The zero-order valence-electron chi connectivity index (χ0n) is 10.9. The Morgan fingerprint density at radius 2 is 2.50 bits per heavy atom. The normalized spacial score (nSPS) is 11.4. The molecule has 0 unspecified atom stereocenters. The molecule has 3 rings (SSSR count). The summed E-state index contributed by atoms with van der Waals surface area (Å²) in [5.74, 6) is 0. The predicted octanol–water partition coefficient (Wildman–Crippen LogP) is 2.27. The van der Waals surface area contributed by atoms with E-state index in [0.29, 0.717) is 11.8 Å². The van der Waals surface area contributed by atoms with Gasteiger partial charge in [0.1, 0.15) is 11.3 Å². The minimum atomic E-state index is 0.605. The molecule has 0 spiro atoms. The average molecular weight is 310 g/mol. The summed E-state index contributed by atoms with van der Waals surface area (Å²) in [7, 11) is 1.70. The van der Waals surface area contributed by atoms with Gasteiger partial charge in [-0.25, -0.2) is 9.97 Å². The molecular formula is C12H14N4O2S2. The van der Waals surface area contributed by atoms with Gasteiger partial charge in [-0.3, -0.25) is 4.40 Å². The van der Waals surface area contributed by atoms with Gasteiger partial charge >= 0.3 is 0 Å². The van der Waals surface area contributed by atoms with Crippen LogP contribution >= 0.6 is 23.1 Å². The van der Waals surface area contributed by atoms with Gasteiger partial charge in [-0.15, -0.1) is 11.3 Å². The summed E-state index contributed by atoms with van der Waals surface area (Å²) in [5, 5.41) is 6.90. The first-order valence-corrected chi connectivity index (χ1v) is 7.79. The van der Waals surface area contributed by atoms with E-state index in [9.17, 15) is 0 Å². The number of hydrogen-bond donors (Lipinski definition) is 1. The predicted molar refractivity (Wildman–Crippen MR) is 77.3 cm³/mol. The van der Waals surface area contributed by atoms with E-state index in [1.54, 1.807) is 30.9 Å².